The summed E-state index contributed by atoms with van der Waals surface area (Å²) in [6.07, 6.45) is -3.05. The molecule has 16 heavy (non-hydrogen) atoms. The first-order chi connectivity index (χ1) is 7.52. The molecule has 3 nitrogen and oxygen atoms in total. The van der Waals surface area contributed by atoms with Crippen molar-refractivity contribution in [2.75, 3.05) is 0 Å². The summed E-state index contributed by atoms with van der Waals surface area (Å²) in [5.41, 5.74) is -0.735. The van der Waals surface area contributed by atoms with Crippen molar-refractivity contribution >= 4 is 16.6 Å². The van der Waals surface area contributed by atoms with Gasteiger partial charge in [-0.3, -0.25) is 0 Å². The molecule has 0 amide bonds. The van der Waals surface area contributed by atoms with Gasteiger partial charge in [0.2, 0.25) is 0 Å². The van der Waals surface area contributed by atoms with Gasteiger partial charge in [-0.25, -0.2) is 0 Å². The molecule has 1 aromatic carbocycles. The van der Waals surface area contributed by atoms with E-state index in [1.165, 1.54) is 18.2 Å². The Morgan fingerprint density at radius 3 is 2.62 bits per heavy atom. The van der Waals surface area contributed by atoms with Crippen LogP contribution in [0.1, 0.15) is 5.56 Å². The van der Waals surface area contributed by atoms with Crippen molar-refractivity contribution in [2.45, 2.75) is 6.18 Å². The number of rotatable bonds is 1. The van der Waals surface area contributed by atoms with Crippen LogP contribution in [-0.2, 0) is 0 Å². The molecule has 0 radical (unpaired) electrons. The molecule has 1 heterocycles. The maximum atomic E-state index is 12.4. The Morgan fingerprint density at radius 2 is 2.00 bits per heavy atom. The summed E-state index contributed by atoms with van der Waals surface area (Å²) in [7, 11) is 0. The molecule has 6 heteroatoms. The number of aromatic amines is 1. The van der Waals surface area contributed by atoms with Crippen molar-refractivity contribution in [3.05, 3.63) is 36.0 Å². The SMILES string of the molecule is O/N=C(\c1ccc2[nH]ccc2c1)C(F)(F)F. The Labute approximate surface area is 88.2 Å². The molecule has 0 spiro atoms. The summed E-state index contributed by atoms with van der Waals surface area (Å²) in [6, 6.07) is 5.71. The van der Waals surface area contributed by atoms with Gasteiger partial charge in [0.15, 0.2) is 5.71 Å². The standard InChI is InChI=1S/C10H7F3N2O/c11-10(12,13)9(15-16)7-1-2-8-6(5-7)3-4-14-8/h1-5,14,16H/b15-9+. The Morgan fingerprint density at radius 1 is 1.25 bits per heavy atom. The molecular weight excluding hydrogens is 221 g/mol. The molecule has 84 valence electrons. The van der Waals surface area contributed by atoms with Crippen molar-refractivity contribution in [1.82, 2.24) is 4.98 Å². The van der Waals surface area contributed by atoms with Crippen molar-refractivity contribution in [3.8, 4) is 0 Å². The highest BCUT2D eigenvalue weighted by molar-refractivity contribution is 6.06. The number of alkyl halides is 3. The highest BCUT2D eigenvalue weighted by Gasteiger charge is 2.37. The van der Waals surface area contributed by atoms with E-state index in [0.717, 1.165) is 5.52 Å². The highest BCUT2D eigenvalue weighted by atomic mass is 19.4. The monoisotopic (exact) mass is 228 g/mol. The lowest BCUT2D eigenvalue weighted by Crippen LogP contribution is -2.23. The number of oxime groups is 1. The number of hydrogen-bond donors (Lipinski definition) is 2. The van der Waals surface area contributed by atoms with Gasteiger partial charge in [-0.05, 0) is 18.2 Å². The highest BCUT2D eigenvalue weighted by Crippen LogP contribution is 2.24. The summed E-state index contributed by atoms with van der Waals surface area (Å²) in [4.78, 5) is 2.86. The summed E-state index contributed by atoms with van der Waals surface area (Å²) in [6.45, 7) is 0. The average molecular weight is 228 g/mol. The van der Waals surface area contributed by atoms with E-state index in [1.54, 1.807) is 12.3 Å². The van der Waals surface area contributed by atoms with Gasteiger partial charge in [0.1, 0.15) is 0 Å². The lowest BCUT2D eigenvalue weighted by atomic mass is 10.1. The molecule has 2 aromatic rings. The van der Waals surface area contributed by atoms with E-state index in [9.17, 15) is 13.2 Å². The van der Waals surface area contributed by atoms with Crippen LogP contribution in [0, 0.1) is 0 Å². The zero-order chi connectivity index (χ0) is 11.8. The second kappa shape index (κ2) is 3.55. The summed E-state index contributed by atoms with van der Waals surface area (Å²) in [5.74, 6) is 0. The third-order valence-corrected chi connectivity index (χ3v) is 2.20. The largest absolute Gasteiger partial charge is 0.437 e. The maximum Gasteiger partial charge on any atom is 0.437 e. The molecule has 2 N–H and O–H groups in total. The molecule has 0 saturated carbocycles. The van der Waals surface area contributed by atoms with E-state index in [1.807, 2.05) is 0 Å². The molecule has 0 saturated heterocycles. The molecule has 0 aliphatic rings. The summed E-state index contributed by atoms with van der Waals surface area (Å²) >= 11 is 0. The van der Waals surface area contributed by atoms with Crippen LogP contribution in [0.25, 0.3) is 10.9 Å². The third-order valence-electron chi connectivity index (χ3n) is 2.20. The van der Waals surface area contributed by atoms with E-state index in [-0.39, 0.29) is 5.56 Å². The summed E-state index contributed by atoms with van der Waals surface area (Å²) < 4.78 is 37.3. The van der Waals surface area contributed by atoms with Crippen LogP contribution in [0.2, 0.25) is 0 Å². The predicted octanol–water partition coefficient (Wildman–Crippen LogP) is 2.91. The zero-order valence-electron chi connectivity index (χ0n) is 7.92. The number of H-pyrrole nitrogens is 1. The molecule has 2 rings (SSSR count). The first-order valence-electron chi connectivity index (χ1n) is 4.39. The second-order valence-corrected chi connectivity index (χ2v) is 3.23. The molecule has 0 aliphatic carbocycles. The number of hydrogen-bond acceptors (Lipinski definition) is 2. The molecule has 0 unspecified atom stereocenters. The quantitative estimate of drug-likeness (QED) is 0.440. The first kappa shape index (κ1) is 10.5. The van der Waals surface area contributed by atoms with E-state index in [4.69, 9.17) is 5.21 Å². The molecule has 0 bridgehead atoms. The van der Waals surface area contributed by atoms with Gasteiger partial charge in [-0.1, -0.05) is 11.2 Å². The van der Waals surface area contributed by atoms with Gasteiger partial charge in [0, 0.05) is 22.7 Å². The Bertz CT molecular complexity index is 542. The van der Waals surface area contributed by atoms with E-state index >= 15 is 0 Å². The number of nitrogens with zero attached hydrogens (tertiary/aromatic N) is 1. The van der Waals surface area contributed by atoms with Crippen LogP contribution >= 0.6 is 0 Å². The smallest absolute Gasteiger partial charge is 0.410 e. The van der Waals surface area contributed by atoms with Crippen LogP contribution in [0.4, 0.5) is 13.2 Å². The van der Waals surface area contributed by atoms with Crippen LogP contribution in [0.15, 0.2) is 35.6 Å². The molecule has 0 fully saturated rings. The molecular formula is C10H7F3N2O. The topological polar surface area (TPSA) is 48.4 Å². The lowest BCUT2D eigenvalue weighted by molar-refractivity contribution is -0.0601. The fraction of sp³-hybridized carbons (Fsp3) is 0.100. The lowest BCUT2D eigenvalue weighted by Gasteiger charge is -2.08. The molecule has 0 atom stereocenters. The van der Waals surface area contributed by atoms with Crippen LogP contribution < -0.4 is 0 Å². The van der Waals surface area contributed by atoms with Gasteiger partial charge in [0.25, 0.3) is 0 Å². The van der Waals surface area contributed by atoms with Gasteiger partial charge in [-0.2, -0.15) is 13.2 Å². The molecule has 0 aliphatic heterocycles. The normalized spacial score (nSPS) is 13.3. The zero-order valence-corrected chi connectivity index (χ0v) is 7.92. The number of nitrogens with one attached hydrogen (secondary N) is 1. The van der Waals surface area contributed by atoms with Crippen molar-refractivity contribution in [3.63, 3.8) is 0 Å². The minimum atomic E-state index is -4.67. The van der Waals surface area contributed by atoms with Crippen LogP contribution in [-0.4, -0.2) is 22.1 Å². The van der Waals surface area contributed by atoms with Crippen LogP contribution in [0.3, 0.4) is 0 Å². The Balaban J connectivity index is 2.54. The van der Waals surface area contributed by atoms with Crippen LogP contribution in [0.5, 0.6) is 0 Å². The van der Waals surface area contributed by atoms with E-state index in [0.29, 0.717) is 5.39 Å². The fourth-order valence-electron chi connectivity index (χ4n) is 1.48. The Hall–Kier alpha value is -1.98. The minimum Gasteiger partial charge on any atom is -0.410 e. The third kappa shape index (κ3) is 1.73. The fourth-order valence-corrected chi connectivity index (χ4v) is 1.48. The Kier molecular flexibility index (Phi) is 2.34. The predicted molar refractivity (Wildman–Crippen MR) is 52.7 cm³/mol. The van der Waals surface area contributed by atoms with E-state index in [2.05, 4.69) is 10.1 Å². The van der Waals surface area contributed by atoms with Crippen molar-refractivity contribution < 1.29 is 18.4 Å². The number of aromatic nitrogens is 1. The first-order valence-corrected chi connectivity index (χ1v) is 4.39. The second-order valence-electron chi connectivity index (χ2n) is 3.23. The van der Waals surface area contributed by atoms with Gasteiger partial charge < -0.3 is 10.2 Å². The maximum absolute atomic E-state index is 12.4. The van der Waals surface area contributed by atoms with Gasteiger partial charge in [0.05, 0.1) is 0 Å². The van der Waals surface area contributed by atoms with Crippen molar-refractivity contribution in [1.29, 1.82) is 0 Å². The van der Waals surface area contributed by atoms with Crippen molar-refractivity contribution in [2.24, 2.45) is 5.16 Å². The average Bonchev–Trinajstić information content (AvgIpc) is 2.63. The van der Waals surface area contributed by atoms with Gasteiger partial charge in [-0.15, -0.1) is 0 Å². The minimum absolute atomic E-state index is 0.165. The number of fused-ring (bicyclic) bond motifs is 1. The van der Waals surface area contributed by atoms with Gasteiger partial charge >= 0.3 is 6.18 Å². The summed E-state index contributed by atoms with van der Waals surface area (Å²) in [5, 5.41) is 11.3. The number of benzene rings is 1. The molecule has 1 aromatic heterocycles. The number of halogens is 3. The van der Waals surface area contributed by atoms with E-state index < -0.39 is 11.9 Å².